The monoisotopic (exact) mass is 406 g/mol. The molecular weight excluding hydrogens is 384 g/mol. The fourth-order valence-electron chi connectivity index (χ4n) is 2.86. The highest BCUT2D eigenvalue weighted by molar-refractivity contribution is 7.99. The Morgan fingerprint density at radius 2 is 2.07 bits per heavy atom. The molecule has 27 heavy (non-hydrogen) atoms. The first kappa shape index (κ1) is 19.8. The fraction of sp³-hybridized carbons (Fsp3) is 0.421. The van der Waals surface area contributed by atoms with Crippen LogP contribution in [0.2, 0.25) is 5.02 Å². The van der Waals surface area contributed by atoms with Crippen molar-refractivity contribution < 1.29 is 9.53 Å². The van der Waals surface area contributed by atoms with Crippen LogP contribution >= 0.6 is 23.4 Å². The molecule has 0 fully saturated rings. The van der Waals surface area contributed by atoms with Gasteiger partial charge in [-0.2, -0.15) is 4.98 Å². The molecule has 0 radical (unpaired) electrons. The summed E-state index contributed by atoms with van der Waals surface area (Å²) in [5.41, 5.74) is 2.14. The van der Waals surface area contributed by atoms with E-state index in [9.17, 15) is 4.79 Å². The Labute approximate surface area is 168 Å². The molecule has 2 heterocycles. The number of rotatable bonds is 6. The largest absolute Gasteiger partial charge is 0.463 e. The Morgan fingerprint density at radius 1 is 1.37 bits per heavy atom. The molecule has 144 valence electrons. The highest BCUT2D eigenvalue weighted by atomic mass is 35.5. The summed E-state index contributed by atoms with van der Waals surface area (Å²) in [5, 5.41) is 9.18. The number of benzene rings is 1. The topological polar surface area (TPSA) is 69.0 Å². The summed E-state index contributed by atoms with van der Waals surface area (Å²) in [6, 6.07) is 7.00. The molecular formula is C19H23ClN4O2S. The number of nitrogens with one attached hydrogen (secondary N) is 1. The average molecular weight is 407 g/mol. The zero-order chi connectivity index (χ0) is 19.6. The van der Waals surface area contributed by atoms with Crippen LogP contribution in [0, 0.1) is 5.92 Å². The Morgan fingerprint density at radius 3 is 2.70 bits per heavy atom. The number of nitrogens with zero attached hydrogens (tertiary/aromatic N) is 3. The lowest BCUT2D eigenvalue weighted by molar-refractivity contribution is -0.139. The number of carbonyl (C=O) groups is 1. The van der Waals surface area contributed by atoms with Crippen LogP contribution in [0.25, 0.3) is 0 Å². The summed E-state index contributed by atoms with van der Waals surface area (Å²) in [4.78, 5) is 17.3. The summed E-state index contributed by atoms with van der Waals surface area (Å²) in [5.74, 6) is 1.71. The number of halogens is 1. The lowest BCUT2D eigenvalue weighted by Gasteiger charge is -2.28. The van der Waals surface area contributed by atoms with Crippen LogP contribution in [0.3, 0.4) is 0 Å². The molecule has 0 aliphatic carbocycles. The lowest BCUT2D eigenvalue weighted by atomic mass is 9.96. The van der Waals surface area contributed by atoms with Gasteiger partial charge in [0, 0.05) is 16.5 Å². The molecule has 0 amide bonds. The van der Waals surface area contributed by atoms with Crippen molar-refractivity contribution in [3.63, 3.8) is 0 Å². The highest BCUT2D eigenvalue weighted by Gasteiger charge is 2.35. The van der Waals surface area contributed by atoms with Gasteiger partial charge in [0.05, 0.1) is 12.2 Å². The van der Waals surface area contributed by atoms with Crippen LogP contribution in [0.5, 0.6) is 0 Å². The Hall–Kier alpha value is -1.99. The molecule has 1 unspecified atom stereocenters. The van der Waals surface area contributed by atoms with Crippen LogP contribution in [0.15, 0.2) is 40.7 Å². The van der Waals surface area contributed by atoms with E-state index in [0.717, 1.165) is 11.3 Å². The number of hydrogen-bond donors (Lipinski definition) is 1. The number of esters is 1. The van der Waals surface area contributed by atoms with Gasteiger partial charge in [0.15, 0.2) is 0 Å². The maximum Gasteiger partial charge on any atom is 0.338 e. The maximum absolute atomic E-state index is 12.7. The quantitative estimate of drug-likeness (QED) is 0.561. The van der Waals surface area contributed by atoms with E-state index in [0.29, 0.717) is 39.9 Å². The zero-order valence-corrected chi connectivity index (χ0v) is 17.4. The predicted molar refractivity (Wildman–Crippen MR) is 108 cm³/mol. The van der Waals surface area contributed by atoms with Gasteiger partial charge in [0.2, 0.25) is 11.1 Å². The van der Waals surface area contributed by atoms with Gasteiger partial charge in [-0.1, -0.05) is 49.3 Å². The summed E-state index contributed by atoms with van der Waals surface area (Å²) >= 11 is 7.65. The van der Waals surface area contributed by atoms with Crippen LogP contribution < -0.4 is 5.32 Å². The molecule has 1 aliphatic heterocycles. The first-order valence-corrected chi connectivity index (χ1v) is 10.3. The number of aromatic nitrogens is 3. The van der Waals surface area contributed by atoms with Gasteiger partial charge in [0.1, 0.15) is 6.04 Å². The van der Waals surface area contributed by atoms with Gasteiger partial charge >= 0.3 is 5.97 Å². The number of carbonyl (C=O) groups excluding carboxylic acids is 1. The van der Waals surface area contributed by atoms with E-state index in [1.807, 2.05) is 31.2 Å². The number of ether oxygens (including phenoxy) is 1. The van der Waals surface area contributed by atoms with E-state index in [1.54, 1.807) is 23.4 Å². The molecule has 0 bridgehead atoms. The fourth-order valence-corrected chi connectivity index (χ4v) is 3.77. The van der Waals surface area contributed by atoms with E-state index in [2.05, 4.69) is 29.2 Å². The molecule has 1 atom stereocenters. The second-order valence-electron chi connectivity index (χ2n) is 6.71. The van der Waals surface area contributed by atoms with E-state index in [-0.39, 0.29) is 5.97 Å². The number of anilines is 1. The van der Waals surface area contributed by atoms with Crippen molar-refractivity contribution in [3.05, 3.63) is 46.1 Å². The Bertz CT molecular complexity index is 861. The summed E-state index contributed by atoms with van der Waals surface area (Å²) in [6.45, 7) is 8.27. The molecule has 1 N–H and O–H groups in total. The Balaban J connectivity index is 2.05. The van der Waals surface area contributed by atoms with E-state index in [4.69, 9.17) is 16.3 Å². The lowest BCUT2D eigenvalue weighted by Crippen LogP contribution is -2.29. The van der Waals surface area contributed by atoms with Crippen LogP contribution in [-0.4, -0.2) is 33.1 Å². The minimum Gasteiger partial charge on any atom is -0.463 e. The maximum atomic E-state index is 12.7. The van der Waals surface area contributed by atoms with Gasteiger partial charge in [-0.3, -0.25) is 0 Å². The second kappa shape index (κ2) is 8.35. The van der Waals surface area contributed by atoms with E-state index in [1.165, 1.54) is 0 Å². The predicted octanol–water partition coefficient (Wildman–Crippen LogP) is 4.53. The van der Waals surface area contributed by atoms with Crippen molar-refractivity contribution in [2.45, 2.75) is 38.9 Å². The van der Waals surface area contributed by atoms with E-state index < -0.39 is 6.04 Å². The van der Waals surface area contributed by atoms with Gasteiger partial charge in [-0.05, 0) is 37.5 Å². The third-order valence-electron chi connectivity index (χ3n) is 4.06. The van der Waals surface area contributed by atoms with Gasteiger partial charge in [-0.25, -0.2) is 9.48 Å². The zero-order valence-electron chi connectivity index (χ0n) is 15.8. The first-order chi connectivity index (χ1) is 12.9. The normalized spacial score (nSPS) is 16.3. The molecule has 3 rings (SSSR count). The summed E-state index contributed by atoms with van der Waals surface area (Å²) in [7, 11) is 0. The molecule has 1 aliphatic rings. The third-order valence-corrected chi connectivity index (χ3v) is 5.58. The van der Waals surface area contributed by atoms with Crippen LogP contribution in [0.1, 0.15) is 39.3 Å². The van der Waals surface area contributed by atoms with Gasteiger partial charge in [-0.15, -0.1) is 5.10 Å². The van der Waals surface area contributed by atoms with Gasteiger partial charge < -0.3 is 10.1 Å². The summed E-state index contributed by atoms with van der Waals surface area (Å²) in [6.07, 6.45) is 0. The SMILES string of the molecule is CCOC(=O)C1=C(C)Nc2nc(SCC(C)C)nn2C1c1ccc(Cl)cc1. The van der Waals surface area contributed by atoms with Gasteiger partial charge in [0.25, 0.3) is 0 Å². The number of thioether (sulfide) groups is 1. The third kappa shape index (κ3) is 4.30. The Kier molecular flexibility index (Phi) is 6.11. The molecule has 2 aromatic rings. The molecule has 1 aromatic carbocycles. The first-order valence-electron chi connectivity index (χ1n) is 8.90. The molecule has 6 nitrogen and oxygen atoms in total. The molecule has 0 saturated heterocycles. The van der Waals surface area contributed by atoms with E-state index >= 15 is 0 Å². The standard InChI is InChI=1S/C19H23ClN4O2S/c1-5-26-17(25)15-12(4)21-18-22-19(27-10-11(2)3)23-24(18)16(15)13-6-8-14(20)9-7-13/h6-9,11,16H,5,10H2,1-4H3,(H,21,22,23). The summed E-state index contributed by atoms with van der Waals surface area (Å²) < 4.78 is 7.05. The number of hydrogen-bond acceptors (Lipinski definition) is 6. The minimum absolute atomic E-state index is 0.308. The van der Waals surface area contributed by atoms with Crippen molar-refractivity contribution in [1.29, 1.82) is 0 Å². The van der Waals surface area contributed by atoms with Crippen molar-refractivity contribution in [2.75, 3.05) is 17.7 Å². The smallest absolute Gasteiger partial charge is 0.338 e. The molecule has 1 aromatic heterocycles. The van der Waals surface area contributed by atoms with Crippen molar-refractivity contribution in [2.24, 2.45) is 5.92 Å². The van der Waals surface area contributed by atoms with Crippen molar-refractivity contribution in [3.8, 4) is 0 Å². The molecule has 8 heteroatoms. The highest BCUT2D eigenvalue weighted by Crippen LogP contribution is 2.37. The number of fused-ring (bicyclic) bond motifs is 1. The second-order valence-corrected chi connectivity index (χ2v) is 8.13. The van der Waals surface area contributed by atoms with Crippen molar-refractivity contribution in [1.82, 2.24) is 14.8 Å². The average Bonchev–Trinajstić information content (AvgIpc) is 3.02. The minimum atomic E-state index is -0.418. The van der Waals surface area contributed by atoms with Crippen LogP contribution in [-0.2, 0) is 9.53 Å². The molecule has 0 spiro atoms. The van der Waals surface area contributed by atoms with Crippen LogP contribution in [0.4, 0.5) is 5.95 Å². The number of allylic oxidation sites excluding steroid dienone is 1. The van der Waals surface area contributed by atoms with Crippen molar-refractivity contribution >= 4 is 35.3 Å². The molecule has 0 saturated carbocycles.